The van der Waals surface area contributed by atoms with E-state index in [9.17, 15) is 10.2 Å². The third-order valence-electron chi connectivity index (χ3n) is 4.45. The van der Waals surface area contributed by atoms with Gasteiger partial charge in [0.25, 0.3) is 0 Å². The Morgan fingerprint density at radius 2 is 2.00 bits per heavy atom. The van der Waals surface area contributed by atoms with Crippen molar-refractivity contribution >= 4 is 40.2 Å². The van der Waals surface area contributed by atoms with Crippen molar-refractivity contribution < 1.29 is 14.9 Å². The minimum Gasteiger partial charge on any atom is -0.489 e. The van der Waals surface area contributed by atoms with Crippen LogP contribution in [0, 0.1) is 5.92 Å². The number of aliphatic imine (C=N–C) groups is 1. The van der Waals surface area contributed by atoms with Crippen molar-refractivity contribution in [2.75, 3.05) is 13.2 Å². The van der Waals surface area contributed by atoms with E-state index in [1.165, 1.54) is 0 Å². The highest BCUT2D eigenvalue weighted by molar-refractivity contribution is 6.43. The number of hydrogen-bond acceptors (Lipinski definition) is 4. The van der Waals surface area contributed by atoms with Crippen LogP contribution < -0.4 is 4.74 Å². The minimum atomic E-state index is -0.363. The maximum atomic E-state index is 10.2. The van der Waals surface area contributed by atoms with Gasteiger partial charge in [-0.2, -0.15) is 0 Å². The Bertz CT molecular complexity index is 673. The fraction of sp³-hybridized carbons (Fsp3) is 0.526. The van der Waals surface area contributed by atoms with Crippen LogP contribution in [0.2, 0.25) is 10.0 Å². The number of rotatable bonds is 6. The van der Waals surface area contributed by atoms with Crippen LogP contribution in [-0.2, 0) is 0 Å². The van der Waals surface area contributed by atoms with Crippen LogP contribution in [0.3, 0.4) is 0 Å². The van der Waals surface area contributed by atoms with Gasteiger partial charge in [-0.15, -0.1) is 0 Å². The van der Waals surface area contributed by atoms with Crippen LogP contribution in [-0.4, -0.2) is 35.2 Å². The molecule has 1 saturated carbocycles. The predicted molar refractivity (Wildman–Crippen MR) is 104 cm³/mol. The summed E-state index contributed by atoms with van der Waals surface area (Å²) < 4.78 is 5.99. The lowest BCUT2D eigenvalue weighted by Gasteiger charge is -2.28. The average Bonchev–Trinajstić information content (AvgIpc) is 2.58. The molecule has 25 heavy (non-hydrogen) atoms. The summed E-state index contributed by atoms with van der Waals surface area (Å²) in [5.41, 5.74) is 2.54. The highest BCUT2D eigenvalue weighted by atomic mass is 35.5. The van der Waals surface area contributed by atoms with E-state index in [4.69, 9.17) is 27.9 Å². The molecule has 0 bridgehead atoms. The molecule has 2 atom stereocenters. The van der Waals surface area contributed by atoms with Crippen LogP contribution in [0.1, 0.15) is 45.1 Å². The van der Waals surface area contributed by atoms with Crippen molar-refractivity contribution in [3.05, 3.63) is 28.3 Å². The largest absolute Gasteiger partial charge is 0.489 e. The maximum Gasteiger partial charge on any atom is 0.165 e. The number of aliphatic hydroxyl groups is 2. The Morgan fingerprint density at radius 3 is 2.60 bits per heavy atom. The number of ether oxygens (including phenoxy) is 1. The first kappa shape index (κ1) is 20.2. The predicted octanol–water partition coefficient (Wildman–Crippen LogP) is 5.04. The van der Waals surface area contributed by atoms with Gasteiger partial charge in [-0.25, -0.2) is 0 Å². The van der Waals surface area contributed by atoms with Gasteiger partial charge in [-0.1, -0.05) is 42.6 Å². The Kier molecular flexibility index (Phi) is 7.32. The molecule has 0 amide bonds. The first-order valence-corrected chi connectivity index (χ1v) is 9.24. The summed E-state index contributed by atoms with van der Waals surface area (Å²) in [7, 11) is 0. The van der Waals surface area contributed by atoms with E-state index >= 15 is 0 Å². The molecule has 6 heteroatoms. The summed E-state index contributed by atoms with van der Waals surface area (Å²) >= 11 is 12.6. The highest BCUT2D eigenvalue weighted by Crippen LogP contribution is 2.45. The molecule has 0 aromatic heterocycles. The van der Waals surface area contributed by atoms with E-state index in [1.807, 2.05) is 6.92 Å². The molecule has 138 valence electrons. The van der Waals surface area contributed by atoms with Crippen molar-refractivity contribution in [2.24, 2.45) is 10.9 Å². The van der Waals surface area contributed by atoms with Crippen molar-refractivity contribution in [1.29, 1.82) is 0 Å². The van der Waals surface area contributed by atoms with E-state index < -0.39 is 0 Å². The van der Waals surface area contributed by atoms with Gasteiger partial charge in [0.2, 0.25) is 0 Å². The number of benzene rings is 1. The number of aliphatic hydroxyl groups excluding tert-OH is 2. The van der Waals surface area contributed by atoms with E-state index in [1.54, 1.807) is 13.0 Å². The zero-order valence-electron chi connectivity index (χ0n) is 14.7. The molecular weight excluding hydrogens is 361 g/mol. The second kappa shape index (κ2) is 9.04. The lowest BCUT2D eigenvalue weighted by molar-refractivity contribution is 0.0424. The molecule has 1 aliphatic rings. The van der Waals surface area contributed by atoms with Gasteiger partial charge in [0.1, 0.15) is 10.7 Å². The molecule has 1 aromatic carbocycles. The van der Waals surface area contributed by atoms with Crippen molar-refractivity contribution in [3.63, 3.8) is 0 Å². The molecule has 0 saturated heterocycles. The van der Waals surface area contributed by atoms with Gasteiger partial charge in [0.15, 0.2) is 5.75 Å². The highest BCUT2D eigenvalue weighted by Gasteiger charge is 2.25. The van der Waals surface area contributed by atoms with Gasteiger partial charge >= 0.3 is 0 Å². The van der Waals surface area contributed by atoms with Crippen LogP contribution in [0.15, 0.2) is 17.6 Å². The Morgan fingerprint density at radius 1 is 1.32 bits per heavy atom. The van der Waals surface area contributed by atoms with Crippen molar-refractivity contribution in [3.8, 4) is 5.75 Å². The molecular formula is C19H25Cl2NO3. The standard InChI is InChI=1S/C19H25Cl2NO3/c1-11(2)14-8-15(20)17(21)19(18(14)22-12(3)9-23)25-10-13-6-4-5-7-16(13)24/h8,13,16,23-24H,1,4-7,9-10H2,2-3H3/t13-,16+/m1/s1. The van der Waals surface area contributed by atoms with Crippen LogP contribution in [0.5, 0.6) is 5.75 Å². The monoisotopic (exact) mass is 385 g/mol. The molecule has 0 radical (unpaired) electrons. The summed E-state index contributed by atoms with van der Waals surface area (Å²) in [5.74, 6) is 0.436. The van der Waals surface area contributed by atoms with E-state index in [0.29, 0.717) is 28.8 Å². The minimum absolute atomic E-state index is 0.0628. The molecule has 0 aliphatic heterocycles. The van der Waals surface area contributed by atoms with Crippen molar-refractivity contribution in [2.45, 2.75) is 45.6 Å². The molecule has 1 aromatic rings. The van der Waals surface area contributed by atoms with Gasteiger partial charge in [-0.05, 0) is 38.3 Å². The summed E-state index contributed by atoms with van der Waals surface area (Å²) in [6.07, 6.45) is 3.48. The zero-order chi connectivity index (χ0) is 18.6. The Balaban J connectivity index is 2.41. The summed E-state index contributed by atoms with van der Waals surface area (Å²) in [4.78, 5) is 4.46. The first-order chi connectivity index (χ1) is 11.8. The Hall–Kier alpha value is -1.07. The topological polar surface area (TPSA) is 62.0 Å². The molecule has 2 rings (SSSR count). The number of halogens is 2. The quantitative estimate of drug-likeness (QED) is 0.674. The summed E-state index contributed by atoms with van der Waals surface area (Å²) in [6.45, 7) is 7.71. The fourth-order valence-electron chi connectivity index (χ4n) is 2.96. The molecule has 1 aliphatic carbocycles. The molecule has 2 N–H and O–H groups in total. The zero-order valence-corrected chi connectivity index (χ0v) is 16.2. The van der Waals surface area contributed by atoms with Crippen LogP contribution in [0.4, 0.5) is 5.69 Å². The molecule has 0 heterocycles. The number of nitrogens with zero attached hydrogens (tertiary/aromatic N) is 1. The smallest absolute Gasteiger partial charge is 0.165 e. The molecule has 0 spiro atoms. The molecule has 1 fully saturated rings. The van der Waals surface area contributed by atoms with Crippen LogP contribution in [0.25, 0.3) is 5.57 Å². The van der Waals surface area contributed by atoms with Gasteiger partial charge in [0, 0.05) is 17.2 Å². The second-order valence-corrected chi connectivity index (χ2v) is 7.39. The summed E-state index contributed by atoms with van der Waals surface area (Å²) in [5, 5.41) is 20.1. The van der Waals surface area contributed by atoms with Gasteiger partial charge in [-0.3, -0.25) is 4.99 Å². The second-order valence-electron chi connectivity index (χ2n) is 6.61. The molecule has 4 nitrogen and oxygen atoms in total. The fourth-order valence-corrected chi connectivity index (χ4v) is 3.35. The van der Waals surface area contributed by atoms with E-state index in [-0.39, 0.29) is 23.7 Å². The lowest BCUT2D eigenvalue weighted by atomic mass is 9.87. The average molecular weight is 386 g/mol. The first-order valence-electron chi connectivity index (χ1n) is 8.48. The van der Waals surface area contributed by atoms with E-state index in [2.05, 4.69) is 11.6 Å². The van der Waals surface area contributed by atoms with E-state index in [0.717, 1.165) is 36.8 Å². The normalized spacial score (nSPS) is 21.3. The van der Waals surface area contributed by atoms with Crippen LogP contribution >= 0.6 is 23.2 Å². The van der Waals surface area contributed by atoms with Gasteiger partial charge < -0.3 is 14.9 Å². The number of hydrogen-bond donors (Lipinski definition) is 2. The van der Waals surface area contributed by atoms with Crippen molar-refractivity contribution in [1.82, 2.24) is 0 Å². The van der Waals surface area contributed by atoms with Gasteiger partial charge in [0.05, 0.1) is 24.3 Å². The lowest BCUT2D eigenvalue weighted by Crippen LogP contribution is -2.29. The SMILES string of the molecule is C=C(C)c1cc(Cl)c(Cl)c(OC[C@H]2CCCC[C@@H]2O)c1N=C(C)CO. The Labute approximate surface area is 159 Å². The third kappa shape index (κ3) is 4.98. The third-order valence-corrected chi connectivity index (χ3v) is 5.22. The number of allylic oxidation sites excluding steroid dienone is 1. The molecule has 0 unspecified atom stereocenters. The summed E-state index contributed by atoms with van der Waals surface area (Å²) in [6, 6.07) is 1.71. The maximum absolute atomic E-state index is 10.2.